The monoisotopic (exact) mass is 448 g/mol. The number of benzene rings is 1. The van der Waals surface area contributed by atoms with Gasteiger partial charge in [-0.25, -0.2) is 9.97 Å². The summed E-state index contributed by atoms with van der Waals surface area (Å²) >= 11 is 0. The summed E-state index contributed by atoms with van der Waals surface area (Å²) in [6.45, 7) is 1.24. The second-order valence-electron chi connectivity index (χ2n) is 10.0. The fourth-order valence-corrected chi connectivity index (χ4v) is 5.76. The van der Waals surface area contributed by atoms with Crippen molar-refractivity contribution >= 4 is 11.8 Å². The number of aromatic nitrogens is 2. The molecule has 0 radical (unpaired) electrons. The zero-order valence-electron chi connectivity index (χ0n) is 20.0. The van der Waals surface area contributed by atoms with E-state index >= 15 is 0 Å². The van der Waals surface area contributed by atoms with Crippen LogP contribution >= 0.6 is 0 Å². The second kappa shape index (κ2) is 10.4. The van der Waals surface area contributed by atoms with Crippen LogP contribution < -0.4 is 0 Å². The number of carbonyl (C=O) groups is 2. The number of amides is 2. The predicted molar refractivity (Wildman–Crippen MR) is 129 cm³/mol. The van der Waals surface area contributed by atoms with E-state index in [-0.39, 0.29) is 11.8 Å². The molecular formula is C27H36N4O2. The maximum absolute atomic E-state index is 13.6. The summed E-state index contributed by atoms with van der Waals surface area (Å²) in [7, 11) is 3.64. The normalized spacial score (nSPS) is 21.2. The number of likely N-dealkylation sites (tertiary alicyclic amines) is 1. The number of carbonyl (C=O) groups excluding carboxylic acids is 2. The van der Waals surface area contributed by atoms with E-state index in [1.807, 2.05) is 43.5 Å². The molecule has 0 spiro atoms. The Kier molecular flexibility index (Phi) is 7.41. The van der Waals surface area contributed by atoms with Gasteiger partial charge in [0.2, 0.25) is 11.8 Å². The highest BCUT2D eigenvalue weighted by Gasteiger charge is 2.44. The van der Waals surface area contributed by atoms with Crippen LogP contribution in [-0.4, -0.2) is 58.8 Å². The molecule has 1 saturated carbocycles. The molecule has 0 bridgehead atoms. The Labute approximate surface area is 197 Å². The molecule has 2 aromatic rings. The van der Waals surface area contributed by atoms with E-state index < -0.39 is 5.41 Å². The van der Waals surface area contributed by atoms with Crippen molar-refractivity contribution < 1.29 is 9.59 Å². The summed E-state index contributed by atoms with van der Waals surface area (Å²) in [6, 6.07) is 8.18. The van der Waals surface area contributed by atoms with Crippen LogP contribution in [0, 0.1) is 11.3 Å². The molecular weight excluding hydrogens is 412 g/mol. The summed E-state index contributed by atoms with van der Waals surface area (Å²) in [5.74, 6) is 1.02. The molecule has 2 amide bonds. The van der Waals surface area contributed by atoms with E-state index in [0.29, 0.717) is 25.3 Å². The molecule has 176 valence electrons. The molecule has 33 heavy (non-hydrogen) atoms. The number of piperidine rings is 1. The average molecular weight is 449 g/mol. The fraction of sp³-hybridized carbons (Fsp3) is 0.556. The Hall–Kier alpha value is -2.76. The predicted octanol–water partition coefficient (Wildman–Crippen LogP) is 4.35. The van der Waals surface area contributed by atoms with E-state index in [4.69, 9.17) is 0 Å². The highest BCUT2D eigenvalue weighted by atomic mass is 16.2. The lowest BCUT2D eigenvalue weighted by atomic mass is 9.73. The van der Waals surface area contributed by atoms with Gasteiger partial charge in [0.15, 0.2) is 0 Å². The topological polar surface area (TPSA) is 66.4 Å². The molecule has 6 nitrogen and oxygen atoms in total. The molecule has 1 unspecified atom stereocenters. The van der Waals surface area contributed by atoms with E-state index in [9.17, 15) is 9.59 Å². The summed E-state index contributed by atoms with van der Waals surface area (Å²) < 4.78 is 0. The maximum Gasteiger partial charge on any atom is 0.230 e. The lowest BCUT2D eigenvalue weighted by Gasteiger charge is -2.43. The molecule has 1 aliphatic carbocycles. The molecule has 4 rings (SSSR count). The van der Waals surface area contributed by atoms with Crippen molar-refractivity contribution in [3.8, 4) is 11.1 Å². The third kappa shape index (κ3) is 5.43. The van der Waals surface area contributed by atoms with Gasteiger partial charge in [-0.05, 0) is 42.7 Å². The third-order valence-corrected chi connectivity index (χ3v) is 7.45. The van der Waals surface area contributed by atoms with Gasteiger partial charge < -0.3 is 9.80 Å². The summed E-state index contributed by atoms with van der Waals surface area (Å²) in [5, 5.41) is 0. The quantitative estimate of drug-likeness (QED) is 0.631. The van der Waals surface area contributed by atoms with Crippen LogP contribution in [0.5, 0.6) is 0 Å². The lowest BCUT2D eigenvalue weighted by molar-refractivity contribution is -0.147. The van der Waals surface area contributed by atoms with Gasteiger partial charge in [-0.2, -0.15) is 0 Å². The summed E-state index contributed by atoms with van der Waals surface area (Å²) in [6.07, 6.45) is 14.1. The lowest BCUT2D eigenvalue weighted by Crippen LogP contribution is -2.54. The minimum absolute atomic E-state index is 0.106. The van der Waals surface area contributed by atoms with Crippen molar-refractivity contribution in [1.29, 1.82) is 0 Å². The first-order valence-corrected chi connectivity index (χ1v) is 12.3. The van der Waals surface area contributed by atoms with Gasteiger partial charge in [0.1, 0.15) is 6.33 Å². The Morgan fingerprint density at radius 1 is 1.09 bits per heavy atom. The van der Waals surface area contributed by atoms with Crippen LogP contribution in [0.1, 0.15) is 56.9 Å². The minimum Gasteiger partial charge on any atom is -0.348 e. The first kappa shape index (κ1) is 23.4. The highest BCUT2D eigenvalue weighted by Crippen LogP contribution is 2.38. The molecule has 2 aliphatic rings. The number of hydrogen-bond donors (Lipinski definition) is 0. The minimum atomic E-state index is -0.615. The zero-order chi connectivity index (χ0) is 23.3. The van der Waals surface area contributed by atoms with Gasteiger partial charge in [-0.1, -0.05) is 49.9 Å². The van der Waals surface area contributed by atoms with Crippen LogP contribution in [0.25, 0.3) is 11.1 Å². The van der Waals surface area contributed by atoms with Gasteiger partial charge in [0, 0.05) is 51.6 Å². The summed E-state index contributed by atoms with van der Waals surface area (Å²) in [4.78, 5) is 38.7. The SMILES string of the molecule is CN(C)C(=O)C1(Cc2ccccc2-c2cncnc2)CCCN(C(=O)CCC2CCCC2)C1. The number of hydrogen-bond acceptors (Lipinski definition) is 4. The zero-order valence-corrected chi connectivity index (χ0v) is 20.0. The first-order chi connectivity index (χ1) is 16.0. The summed E-state index contributed by atoms with van der Waals surface area (Å²) in [5.41, 5.74) is 2.48. The van der Waals surface area contributed by atoms with E-state index in [1.54, 1.807) is 4.90 Å². The Morgan fingerprint density at radius 3 is 2.55 bits per heavy atom. The number of rotatable bonds is 7. The molecule has 2 heterocycles. The Morgan fingerprint density at radius 2 is 1.82 bits per heavy atom. The third-order valence-electron chi connectivity index (χ3n) is 7.45. The van der Waals surface area contributed by atoms with Crippen molar-refractivity contribution in [1.82, 2.24) is 19.8 Å². The largest absolute Gasteiger partial charge is 0.348 e. The van der Waals surface area contributed by atoms with Gasteiger partial charge >= 0.3 is 0 Å². The van der Waals surface area contributed by atoms with E-state index in [2.05, 4.69) is 22.1 Å². The molecule has 6 heteroatoms. The smallest absolute Gasteiger partial charge is 0.230 e. The average Bonchev–Trinajstić information content (AvgIpc) is 3.37. The van der Waals surface area contributed by atoms with Crippen LogP contribution in [-0.2, 0) is 16.0 Å². The van der Waals surface area contributed by atoms with Gasteiger partial charge in [-0.3, -0.25) is 9.59 Å². The van der Waals surface area contributed by atoms with Crippen molar-refractivity contribution in [2.45, 2.75) is 57.8 Å². The molecule has 1 saturated heterocycles. The number of nitrogens with zero attached hydrogens (tertiary/aromatic N) is 4. The van der Waals surface area contributed by atoms with E-state index in [0.717, 1.165) is 42.5 Å². The Bertz CT molecular complexity index is 956. The van der Waals surface area contributed by atoms with Crippen LogP contribution in [0.15, 0.2) is 43.0 Å². The standard InChI is InChI=1S/C27H36N4O2/c1-30(2)26(33)27(16-22-10-5-6-11-24(22)23-17-28-20-29-18-23)14-7-15-31(19-27)25(32)13-12-21-8-3-4-9-21/h5-6,10-11,17-18,20-21H,3-4,7-9,12-16,19H2,1-2H3. The fourth-order valence-electron chi connectivity index (χ4n) is 5.76. The highest BCUT2D eigenvalue weighted by molar-refractivity contribution is 5.85. The first-order valence-electron chi connectivity index (χ1n) is 12.3. The Balaban J connectivity index is 1.57. The van der Waals surface area contributed by atoms with Crippen LogP contribution in [0.4, 0.5) is 0 Å². The van der Waals surface area contributed by atoms with Crippen molar-refractivity contribution in [2.75, 3.05) is 27.2 Å². The molecule has 0 N–H and O–H groups in total. The molecule has 1 atom stereocenters. The van der Waals surface area contributed by atoms with Gasteiger partial charge in [0.25, 0.3) is 0 Å². The van der Waals surface area contributed by atoms with Gasteiger partial charge in [-0.15, -0.1) is 0 Å². The van der Waals surface area contributed by atoms with Crippen molar-refractivity contribution in [3.63, 3.8) is 0 Å². The second-order valence-corrected chi connectivity index (χ2v) is 10.0. The van der Waals surface area contributed by atoms with Crippen LogP contribution in [0.3, 0.4) is 0 Å². The molecule has 2 fully saturated rings. The van der Waals surface area contributed by atoms with Gasteiger partial charge in [0.05, 0.1) is 5.41 Å². The molecule has 1 aromatic heterocycles. The maximum atomic E-state index is 13.6. The molecule has 1 aromatic carbocycles. The van der Waals surface area contributed by atoms with Crippen LogP contribution in [0.2, 0.25) is 0 Å². The van der Waals surface area contributed by atoms with E-state index in [1.165, 1.54) is 32.0 Å². The van der Waals surface area contributed by atoms with Crippen molar-refractivity contribution in [3.05, 3.63) is 48.5 Å². The van der Waals surface area contributed by atoms with Crippen molar-refractivity contribution in [2.24, 2.45) is 11.3 Å². The molecule has 1 aliphatic heterocycles.